The highest BCUT2D eigenvalue weighted by Crippen LogP contribution is 2.25. The molecule has 2 heterocycles. The summed E-state index contributed by atoms with van der Waals surface area (Å²) in [5, 5.41) is 0.867. The van der Waals surface area contributed by atoms with Crippen molar-refractivity contribution in [3.63, 3.8) is 0 Å². The molecule has 0 atom stereocenters. The van der Waals surface area contributed by atoms with Gasteiger partial charge in [0.1, 0.15) is 12.1 Å². The number of nitrogen functional groups attached to an aromatic ring is 1. The number of aromatic nitrogens is 3. The van der Waals surface area contributed by atoms with E-state index in [2.05, 4.69) is 15.0 Å². The molecular formula is C9H6N4S. The van der Waals surface area contributed by atoms with Gasteiger partial charge in [-0.25, -0.2) is 15.0 Å². The molecule has 0 saturated carbocycles. The van der Waals surface area contributed by atoms with Crippen LogP contribution in [0.3, 0.4) is 0 Å². The molecule has 5 heteroatoms. The number of hydrogen-bond donors (Lipinski definition) is 1. The Morgan fingerprint density at radius 3 is 2.93 bits per heavy atom. The van der Waals surface area contributed by atoms with Gasteiger partial charge >= 0.3 is 0 Å². The van der Waals surface area contributed by atoms with Crippen LogP contribution < -0.4 is 5.73 Å². The van der Waals surface area contributed by atoms with Crippen LogP contribution in [0.25, 0.3) is 21.1 Å². The first-order valence-corrected chi connectivity index (χ1v) is 4.96. The van der Waals surface area contributed by atoms with Crippen LogP contribution in [0.1, 0.15) is 0 Å². The second kappa shape index (κ2) is 2.62. The maximum Gasteiger partial charge on any atom is 0.134 e. The third kappa shape index (κ3) is 0.958. The molecule has 0 radical (unpaired) electrons. The van der Waals surface area contributed by atoms with E-state index in [0.717, 1.165) is 21.1 Å². The van der Waals surface area contributed by atoms with Gasteiger partial charge in [0, 0.05) is 5.39 Å². The highest BCUT2D eigenvalue weighted by atomic mass is 32.1. The number of nitrogens with two attached hydrogens (primary N) is 1. The standard InChI is InChI=1S/C9H6N4S/c10-9-5-1-7-8(14-4-13-7)2-6(5)11-3-12-9/h1-4H,(H2,10,11,12). The van der Waals surface area contributed by atoms with E-state index in [1.54, 1.807) is 11.3 Å². The molecule has 0 aliphatic heterocycles. The first-order valence-electron chi connectivity index (χ1n) is 4.08. The third-order valence-corrected chi connectivity index (χ3v) is 2.91. The summed E-state index contributed by atoms with van der Waals surface area (Å²) < 4.78 is 1.12. The number of anilines is 1. The molecule has 0 fully saturated rings. The predicted molar refractivity (Wildman–Crippen MR) is 57.1 cm³/mol. The highest BCUT2D eigenvalue weighted by Gasteiger charge is 2.03. The molecule has 68 valence electrons. The Bertz CT molecular complexity index is 616. The minimum Gasteiger partial charge on any atom is -0.383 e. The quantitative estimate of drug-likeness (QED) is 0.604. The predicted octanol–water partition coefficient (Wildman–Crippen LogP) is 1.82. The van der Waals surface area contributed by atoms with Crippen LogP contribution in [0.15, 0.2) is 24.0 Å². The van der Waals surface area contributed by atoms with E-state index in [9.17, 15) is 0 Å². The topological polar surface area (TPSA) is 64.7 Å². The Morgan fingerprint density at radius 2 is 2.00 bits per heavy atom. The molecule has 4 nitrogen and oxygen atoms in total. The van der Waals surface area contributed by atoms with Crippen LogP contribution in [0.4, 0.5) is 5.82 Å². The van der Waals surface area contributed by atoms with Crippen molar-refractivity contribution in [2.24, 2.45) is 0 Å². The molecule has 2 N–H and O–H groups in total. The molecular weight excluding hydrogens is 196 g/mol. The lowest BCUT2D eigenvalue weighted by Crippen LogP contribution is -1.92. The summed E-state index contributed by atoms with van der Waals surface area (Å²) in [5.74, 6) is 0.505. The number of fused-ring (bicyclic) bond motifs is 2. The van der Waals surface area contributed by atoms with Crippen LogP contribution in [0, 0.1) is 0 Å². The van der Waals surface area contributed by atoms with Gasteiger partial charge in [0.25, 0.3) is 0 Å². The lowest BCUT2D eigenvalue weighted by Gasteiger charge is -1.98. The van der Waals surface area contributed by atoms with Crippen molar-refractivity contribution in [2.75, 3.05) is 5.73 Å². The fourth-order valence-electron chi connectivity index (χ4n) is 1.43. The Morgan fingerprint density at radius 1 is 1.07 bits per heavy atom. The van der Waals surface area contributed by atoms with Crippen LogP contribution in [0.5, 0.6) is 0 Å². The first-order chi connectivity index (χ1) is 6.84. The summed E-state index contributed by atoms with van der Waals surface area (Å²) in [6.07, 6.45) is 1.48. The minimum atomic E-state index is 0.505. The molecule has 0 aliphatic carbocycles. The summed E-state index contributed by atoms with van der Waals surface area (Å²) in [6.45, 7) is 0. The molecule has 0 spiro atoms. The van der Waals surface area contributed by atoms with Crippen molar-refractivity contribution < 1.29 is 0 Å². The van der Waals surface area contributed by atoms with Crippen molar-refractivity contribution in [3.05, 3.63) is 24.0 Å². The largest absolute Gasteiger partial charge is 0.383 e. The van der Waals surface area contributed by atoms with Gasteiger partial charge in [0.05, 0.1) is 21.2 Å². The van der Waals surface area contributed by atoms with Crippen LogP contribution in [0.2, 0.25) is 0 Å². The van der Waals surface area contributed by atoms with E-state index in [1.807, 2.05) is 17.6 Å². The second-order valence-corrected chi connectivity index (χ2v) is 3.83. The molecule has 0 unspecified atom stereocenters. The van der Waals surface area contributed by atoms with Gasteiger partial charge in [0.2, 0.25) is 0 Å². The highest BCUT2D eigenvalue weighted by molar-refractivity contribution is 7.16. The summed E-state index contributed by atoms with van der Waals surface area (Å²) in [5.41, 5.74) is 9.37. The van der Waals surface area contributed by atoms with Gasteiger partial charge in [-0.2, -0.15) is 0 Å². The van der Waals surface area contributed by atoms with E-state index in [0.29, 0.717) is 5.82 Å². The van der Waals surface area contributed by atoms with Crippen LogP contribution >= 0.6 is 11.3 Å². The Kier molecular flexibility index (Phi) is 1.43. The lowest BCUT2D eigenvalue weighted by molar-refractivity contribution is 1.23. The molecule has 14 heavy (non-hydrogen) atoms. The number of nitrogens with zero attached hydrogens (tertiary/aromatic N) is 3. The van der Waals surface area contributed by atoms with E-state index in [4.69, 9.17) is 5.73 Å². The fraction of sp³-hybridized carbons (Fsp3) is 0. The maximum absolute atomic E-state index is 5.74. The zero-order chi connectivity index (χ0) is 9.54. The zero-order valence-electron chi connectivity index (χ0n) is 7.14. The monoisotopic (exact) mass is 202 g/mol. The molecule has 3 rings (SSSR count). The third-order valence-electron chi connectivity index (χ3n) is 2.12. The number of benzene rings is 1. The van der Waals surface area contributed by atoms with E-state index >= 15 is 0 Å². The van der Waals surface area contributed by atoms with E-state index in [1.165, 1.54) is 6.33 Å². The fourth-order valence-corrected chi connectivity index (χ4v) is 2.12. The van der Waals surface area contributed by atoms with Crippen LogP contribution in [-0.4, -0.2) is 15.0 Å². The Balaban J connectivity index is 2.57. The SMILES string of the molecule is Nc1ncnc2cc3scnc3cc12. The van der Waals surface area contributed by atoms with E-state index < -0.39 is 0 Å². The average Bonchev–Trinajstić information content (AvgIpc) is 2.62. The second-order valence-electron chi connectivity index (χ2n) is 2.95. The summed E-state index contributed by atoms with van der Waals surface area (Å²) >= 11 is 1.60. The number of rotatable bonds is 0. The molecule has 2 aromatic heterocycles. The van der Waals surface area contributed by atoms with Crippen molar-refractivity contribution in [2.45, 2.75) is 0 Å². The van der Waals surface area contributed by atoms with Gasteiger partial charge in [-0.3, -0.25) is 0 Å². The summed E-state index contributed by atoms with van der Waals surface area (Å²) in [7, 11) is 0. The molecule has 3 aromatic rings. The average molecular weight is 202 g/mol. The van der Waals surface area contributed by atoms with Crippen molar-refractivity contribution >= 4 is 38.3 Å². The van der Waals surface area contributed by atoms with Crippen molar-refractivity contribution in [1.82, 2.24) is 15.0 Å². The zero-order valence-corrected chi connectivity index (χ0v) is 7.95. The molecule has 0 amide bonds. The summed E-state index contributed by atoms with van der Waals surface area (Å²) in [4.78, 5) is 12.3. The smallest absolute Gasteiger partial charge is 0.134 e. The maximum atomic E-state index is 5.74. The van der Waals surface area contributed by atoms with Crippen molar-refractivity contribution in [1.29, 1.82) is 0 Å². The molecule has 0 bridgehead atoms. The van der Waals surface area contributed by atoms with E-state index in [-0.39, 0.29) is 0 Å². The Hall–Kier alpha value is -1.75. The first kappa shape index (κ1) is 7.64. The molecule has 0 saturated heterocycles. The minimum absolute atomic E-state index is 0.505. The van der Waals surface area contributed by atoms with Gasteiger partial charge < -0.3 is 5.73 Å². The van der Waals surface area contributed by atoms with Crippen molar-refractivity contribution in [3.8, 4) is 0 Å². The molecule has 0 aliphatic rings. The summed E-state index contributed by atoms with van der Waals surface area (Å²) in [6, 6.07) is 3.91. The van der Waals surface area contributed by atoms with Gasteiger partial charge in [0.15, 0.2) is 0 Å². The number of hydrogen-bond acceptors (Lipinski definition) is 5. The lowest BCUT2D eigenvalue weighted by atomic mass is 10.2. The Labute approximate surface area is 83.4 Å². The van der Waals surface area contributed by atoms with Gasteiger partial charge in [-0.05, 0) is 12.1 Å². The van der Waals surface area contributed by atoms with Crippen LogP contribution in [-0.2, 0) is 0 Å². The number of thiazole rings is 1. The van der Waals surface area contributed by atoms with Gasteiger partial charge in [-0.15, -0.1) is 11.3 Å². The van der Waals surface area contributed by atoms with Gasteiger partial charge in [-0.1, -0.05) is 0 Å². The molecule has 1 aromatic carbocycles. The normalized spacial score (nSPS) is 11.1.